The van der Waals surface area contributed by atoms with E-state index in [4.69, 9.17) is 5.11 Å². The van der Waals surface area contributed by atoms with Crippen molar-refractivity contribution in [3.8, 4) is 0 Å². The van der Waals surface area contributed by atoms with Crippen molar-refractivity contribution < 1.29 is 15.0 Å². The van der Waals surface area contributed by atoms with Gasteiger partial charge in [0.1, 0.15) is 0 Å². The third kappa shape index (κ3) is 3.33. The number of aliphatic hydroxyl groups excluding tert-OH is 1. The molecule has 0 aromatic rings. The lowest BCUT2D eigenvalue weighted by Gasteiger charge is -2.45. The number of carboxylic acid groups (broad SMARTS) is 1. The molecule has 0 saturated heterocycles. The minimum Gasteiger partial charge on any atom is -0.478 e. The third-order valence-corrected chi connectivity index (χ3v) is 6.29. The first-order valence-corrected chi connectivity index (χ1v) is 8.45. The first-order chi connectivity index (χ1) is 9.86. The molecule has 0 amide bonds. The fourth-order valence-electron chi connectivity index (χ4n) is 5.07. The molecular formula is C18H30O3. The second-order valence-electron chi connectivity index (χ2n) is 7.53. The van der Waals surface area contributed by atoms with Gasteiger partial charge in [-0.1, -0.05) is 33.3 Å². The zero-order valence-electron chi connectivity index (χ0n) is 13.5. The van der Waals surface area contributed by atoms with Crippen LogP contribution in [0.3, 0.4) is 0 Å². The summed E-state index contributed by atoms with van der Waals surface area (Å²) in [6.07, 6.45) is 8.20. The molecule has 2 rings (SSSR count). The monoisotopic (exact) mass is 294 g/mol. The molecular weight excluding hydrogens is 264 g/mol. The van der Waals surface area contributed by atoms with Crippen LogP contribution < -0.4 is 0 Å². The molecule has 0 aromatic heterocycles. The van der Waals surface area contributed by atoms with E-state index in [0.29, 0.717) is 35.2 Å². The summed E-state index contributed by atoms with van der Waals surface area (Å²) in [6, 6.07) is 0. The number of carbonyl (C=O) groups is 1. The quantitative estimate of drug-likeness (QED) is 0.728. The lowest BCUT2D eigenvalue weighted by molar-refractivity contribution is -0.132. The van der Waals surface area contributed by atoms with Crippen LogP contribution in [0.15, 0.2) is 12.2 Å². The topological polar surface area (TPSA) is 57.5 Å². The van der Waals surface area contributed by atoms with Crippen LogP contribution in [0, 0.1) is 23.2 Å². The first-order valence-electron chi connectivity index (χ1n) is 8.45. The summed E-state index contributed by atoms with van der Waals surface area (Å²) in [7, 11) is 0. The van der Waals surface area contributed by atoms with Crippen LogP contribution in [0.5, 0.6) is 0 Å². The Labute approximate surface area is 128 Å². The maximum atomic E-state index is 10.8. The number of carboxylic acids is 1. The van der Waals surface area contributed by atoms with E-state index in [0.717, 1.165) is 32.1 Å². The highest BCUT2D eigenvalue weighted by Crippen LogP contribution is 2.58. The Morgan fingerprint density at radius 1 is 1.38 bits per heavy atom. The number of hydrogen-bond donors (Lipinski definition) is 2. The average molecular weight is 294 g/mol. The van der Waals surface area contributed by atoms with E-state index in [-0.39, 0.29) is 6.10 Å². The minimum absolute atomic E-state index is 0.104. The molecule has 0 radical (unpaired) electrons. The highest BCUT2D eigenvalue weighted by atomic mass is 16.4. The lowest BCUT2D eigenvalue weighted by Crippen LogP contribution is -2.41. The summed E-state index contributed by atoms with van der Waals surface area (Å²) < 4.78 is 0. The summed E-state index contributed by atoms with van der Waals surface area (Å²) in [5, 5.41) is 19.1. The summed E-state index contributed by atoms with van der Waals surface area (Å²) >= 11 is 0. The molecule has 0 bridgehead atoms. The Hall–Kier alpha value is -0.830. The Morgan fingerprint density at radius 3 is 2.76 bits per heavy atom. The third-order valence-electron chi connectivity index (χ3n) is 6.29. The highest BCUT2D eigenvalue weighted by molar-refractivity contribution is 5.85. The Kier molecular flexibility index (Phi) is 5.13. The van der Waals surface area contributed by atoms with Crippen molar-refractivity contribution in [3.63, 3.8) is 0 Å². The molecule has 5 atom stereocenters. The van der Waals surface area contributed by atoms with Crippen molar-refractivity contribution in [3.05, 3.63) is 12.2 Å². The summed E-state index contributed by atoms with van der Waals surface area (Å²) in [5.74, 6) is 0.890. The van der Waals surface area contributed by atoms with Gasteiger partial charge in [-0.2, -0.15) is 0 Å². The highest BCUT2D eigenvalue weighted by Gasteiger charge is 2.51. The van der Waals surface area contributed by atoms with Gasteiger partial charge in [0.25, 0.3) is 0 Å². The van der Waals surface area contributed by atoms with E-state index in [2.05, 4.69) is 20.4 Å². The molecule has 0 aliphatic heterocycles. The molecule has 3 nitrogen and oxygen atoms in total. The van der Waals surface area contributed by atoms with Crippen molar-refractivity contribution in [2.45, 2.75) is 71.3 Å². The van der Waals surface area contributed by atoms with Gasteiger partial charge in [0.15, 0.2) is 0 Å². The summed E-state index contributed by atoms with van der Waals surface area (Å²) in [6.45, 7) is 8.29. The molecule has 2 saturated carbocycles. The van der Waals surface area contributed by atoms with E-state index in [1.807, 2.05) is 0 Å². The SMILES string of the molecule is C=C(CCC[C@@H](C)C1CCC2C(O)CCCC21C)C(=O)O. The van der Waals surface area contributed by atoms with Gasteiger partial charge >= 0.3 is 5.97 Å². The van der Waals surface area contributed by atoms with Gasteiger partial charge in [-0.3, -0.25) is 0 Å². The number of rotatable bonds is 6. The van der Waals surface area contributed by atoms with Gasteiger partial charge in [0, 0.05) is 5.57 Å². The van der Waals surface area contributed by atoms with Gasteiger partial charge in [0.05, 0.1) is 6.10 Å². The number of aliphatic hydroxyl groups is 1. The van der Waals surface area contributed by atoms with Crippen LogP contribution in [-0.2, 0) is 4.79 Å². The molecule has 0 spiro atoms. The van der Waals surface area contributed by atoms with Crippen LogP contribution in [0.25, 0.3) is 0 Å². The van der Waals surface area contributed by atoms with E-state index < -0.39 is 5.97 Å². The lowest BCUT2D eigenvalue weighted by atomic mass is 9.61. The van der Waals surface area contributed by atoms with Crippen molar-refractivity contribution >= 4 is 5.97 Å². The van der Waals surface area contributed by atoms with Gasteiger partial charge < -0.3 is 10.2 Å². The summed E-state index contributed by atoms with van der Waals surface area (Å²) in [4.78, 5) is 10.8. The largest absolute Gasteiger partial charge is 0.478 e. The fraction of sp³-hybridized carbons (Fsp3) is 0.833. The molecule has 4 unspecified atom stereocenters. The van der Waals surface area contributed by atoms with E-state index in [1.165, 1.54) is 12.8 Å². The van der Waals surface area contributed by atoms with Crippen LogP contribution in [0.1, 0.15) is 65.2 Å². The Bertz CT molecular complexity index is 403. The van der Waals surface area contributed by atoms with Crippen LogP contribution in [0.2, 0.25) is 0 Å². The molecule has 2 N–H and O–H groups in total. The molecule has 2 fully saturated rings. The van der Waals surface area contributed by atoms with E-state index in [1.54, 1.807) is 0 Å². The van der Waals surface area contributed by atoms with Gasteiger partial charge in [-0.25, -0.2) is 4.79 Å². The van der Waals surface area contributed by atoms with Gasteiger partial charge in [-0.15, -0.1) is 0 Å². The Morgan fingerprint density at radius 2 is 2.10 bits per heavy atom. The fourth-order valence-corrected chi connectivity index (χ4v) is 5.07. The molecule has 2 aliphatic carbocycles. The molecule has 0 aromatic carbocycles. The maximum absolute atomic E-state index is 10.8. The molecule has 3 heteroatoms. The predicted octanol–water partition coefficient (Wildman–Crippen LogP) is 4.01. The van der Waals surface area contributed by atoms with E-state index >= 15 is 0 Å². The molecule has 0 heterocycles. The number of aliphatic carboxylic acids is 1. The normalized spacial score (nSPS) is 37.0. The summed E-state index contributed by atoms with van der Waals surface area (Å²) in [5.41, 5.74) is 0.617. The number of fused-ring (bicyclic) bond motifs is 1. The molecule has 21 heavy (non-hydrogen) atoms. The standard InChI is InChI=1S/C18H30O3/c1-12(6-4-7-13(2)17(20)21)14-9-10-15-16(19)8-5-11-18(14,15)3/h12,14-16,19H,2,4-11H2,1,3H3,(H,20,21)/t12-,14?,15?,16?,18?/m1/s1. The second-order valence-corrected chi connectivity index (χ2v) is 7.53. The van der Waals surface area contributed by atoms with Crippen LogP contribution >= 0.6 is 0 Å². The molecule has 2 aliphatic rings. The van der Waals surface area contributed by atoms with Crippen molar-refractivity contribution in [2.75, 3.05) is 0 Å². The Balaban J connectivity index is 1.89. The van der Waals surface area contributed by atoms with E-state index in [9.17, 15) is 9.90 Å². The minimum atomic E-state index is -0.869. The zero-order chi connectivity index (χ0) is 15.6. The van der Waals surface area contributed by atoms with Crippen molar-refractivity contribution in [1.82, 2.24) is 0 Å². The smallest absolute Gasteiger partial charge is 0.330 e. The second kappa shape index (κ2) is 6.51. The van der Waals surface area contributed by atoms with Crippen LogP contribution in [-0.4, -0.2) is 22.3 Å². The van der Waals surface area contributed by atoms with Crippen molar-refractivity contribution in [1.29, 1.82) is 0 Å². The maximum Gasteiger partial charge on any atom is 0.330 e. The first kappa shape index (κ1) is 16.5. The average Bonchev–Trinajstić information content (AvgIpc) is 2.77. The van der Waals surface area contributed by atoms with Crippen LogP contribution in [0.4, 0.5) is 0 Å². The zero-order valence-corrected chi connectivity index (χ0v) is 13.5. The van der Waals surface area contributed by atoms with Gasteiger partial charge in [-0.05, 0) is 61.7 Å². The van der Waals surface area contributed by atoms with Gasteiger partial charge in [0.2, 0.25) is 0 Å². The predicted molar refractivity (Wildman–Crippen MR) is 84.0 cm³/mol. The van der Waals surface area contributed by atoms with Crippen molar-refractivity contribution in [2.24, 2.45) is 23.2 Å². The molecule has 120 valence electrons. The number of hydrogen-bond acceptors (Lipinski definition) is 2.